The Morgan fingerprint density at radius 3 is 2.70 bits per heavy atom. The number of imidazole rings is 1. The molecule has 154 valence electrons. The van der Waals surface area contributed by atoms with Crippen molar-refractivity contribution in [3.63, 3.8) is 0 Å². The summed E-state index contributed by atoms with van der Waals surface area (Å²) in [4.78, 5) is 41.9. The fourth-order valence-corrected chi connectivity index (χ4v) is 3.72. The van der Waals surface area contributed by atoms with E-state index in [4.69, 9.17) is 0 Å². The molecule has 30 heavy (non-hydrogen) atoms. The van der Waals surface area contributed by atoms with E-state index in [1.54, 1.807) is 24.3 Å². The summed E-state index contributed by atoms with van der Waals surface area (Å²) in [7, 11) is 1.91. The van der Waals surface area contributed by atoms with Gasteiger partial charge in [-0.3, -0.25) is 14.4 Å². The summed E-state index contributed by atoms with van der Waals surface area (Å²) in [6, 6.07) is 13.5. The molecule has 0 spiro atoms. The van der Waals surface area contributed by atoms with Crippen LogP contribution >= 0.6 is 0 Å². The van der Waals surface area contributed by atoms with Crippen molar-refractivity contribution in [1.82, 2.24) is 20.2 Å². The van der Waals surface area contributed by atoms with E-state index in [0.717, 1.165) is 16.9 Å². The quantitative estimate of drug-likeness (QED) is 0.606. The first-order valence-corrected chi connectivity index (χ1v) is 9.85. The topological polar surface area (TPSA) is 105 Å². The number of para-hydroxylation sites is 3. The number of aromatic nitrogens is 2. The van der Waals surface area contributed by atoms with Gasteiger partial charge in [-0.15, -0.1) is 0 Å². The highest BCUT2D eigenvalue weighted by atomic mass is 16.2. The van der Waals surface area contributed by atoms with Gasteiger partial charge in [0.15, 0.2) is 0 Å². The van der Waals surface area contributed by atoms with E-state index in [9.17, 15) is 14.4 Å². The molecule has 3 aromatic rings. The van der Waals surface area contributed by atoms with Crippen LogP contribution in [0, 0.1) is 0 Å². The summed E-state index contributed by atoms with van der Waals surface area (Å²) in [5.74, 6) is -0.120. The van der Waals surface area contributed by atoms with Gasteiger partial charge in [0.05, 0.1) is 28.3 Å². The lowest BCUT2D eigenvalue weighted by Gasteiger charge is -2.16. The second-order valence-electron chi connectivity index (χ2n) is 7.41. The number of benzene rings is 2. The molecule has 8 heteroatoms. The van der Waals surface area contributed by atoms with Gasteiger partial charge >= 0.3 is 0 Å². The fourth-order valence-electron chi connectivity index (χ4n) is 3.72. The molecule has 2 atom stereocenters. The Balaban J connectivity index is 1.38. The highest BCUT2D eigenvalue weighted by Crippen LogP contribution is 2.21. The Morgan fingerprint density at radius 2 is 1.90 bits per heavy atom. The number of rotatable bonds is 5. The van der Waals surface area contributed by atoms with E-state index in [1.165, 1.54) is 0 Å². The van der Waals surface area contributed by atoms with Crippen LogP contribution in [0.3, 0.4) is 0 Å². The summed E-state index contributed by atoms with van der Waals surface area (Å²) in [5, 5.41) is 8.38. The largest absolute Gasteiger partial charge is 0.346 e. The number of carbonyl (C=O) groups excluding carboxylic acids is 3. The van der Waals surface area contributed by atoms with Crippen LogP contribution in [0.4, 0.5) is 5.69 Å². The maximum absolute atomic E-state index is 12.5. The van der Waals surface area contributed by atoms with Crippen molar-refractivity contribution in [3.8, 4) is 0 Å². The number of hydrogen-bond acceptors (Lipinski definition) is 4. The van der Waals surface area contributed by atoms with Crippen LogP contribution in [0.2, 0.25) is 0 Å². The third-order valence-electron chi connectivity index (χ3n) is 5.30. The molecule has 2 aromatic carbocycles. The predicted octanol–water partition coefficient (Wildman–Crippen LogP) is 2.28. The van der Waals surface area contributed by atoms with Crippen molar-refractivity contribution < 1.29 is 14.4 Å². The second-order valence-corrected chi connectivity index (χ2v) is 7.41. The molecule has 0 unspecified atom stereocenters. The fraction of sp³-hybridized carbons (Fsp3) is 0.273. The van der Waals surface area contributed by atoms with Crippen LogP contribution in [0.1, 0.15) is 42.0 Å². The molecule has 8 nitrogen and oxygen atoms in total. The molecule has 4 rings (SSSR count). The number of carbonyl (C=O) groups is 3. The molecular weight excluding hydrogens is 382 g/mol. The first-order valence-electron chi connectivity index (χ1n) is 9.85. The van der Waals surface area contributed by atoms with Crippen molar-refractivity contribution in [2.24, 2.45) is 7.05 Å². The molecule has 3 N–H and O–H groups in total. The molecule has 1 aliphatic heterocycles. The van der Waals surface area contributed by atoms with Crippen molar-refractivity contribution in [2.45, 2.75) is 31.8 Å². The van der Waals surface area contributed by atoms with Gasteiger partial charge in [-0.2, -0.15) is 0 Å². The molecule has 0 bridgehead atoms. The molecule has 0 aliphatic carbocycles. The van der Waals surface area contributed by atoms with Gasteiger partial charge in [-0.25, -0.2) is 4.98 Å². The molecule has 3 amide bonds. The number of aryl methyl sites for hydroxylation is 1. The van der Waals surface area contributed by atoms with Gasteiger partial charge in [0.2, 0.25) is 11.8 Å². The minimum Gasteiger partial charge on any atom is -0.346 e. The van der Waals surface area contributed by atoms with Crippen LogP contribution in [0.25, 0.3) is 11.0 Å². The van der Waals surface area contributed by atoms with E-state index in [0.29, 0.717) is 11.3 Å². The third-order valence-corrected chi connectivity index (χ3v) is 5.30. The molecular formula is C22H23N5O3. The van der Waals surface area contributed by atoms with E-state index < -0.39 is 6.04 Å². The van der Waals surface area contributed by atoms with Gasteiger partial charge in [-0.05, 0) is 37.6 Å². The van der Waals surface area contributed by atoms with Crippen LogP contribution in [-0.2, 0) is 16.6 Å². The normalized spacial score (nSPS) is 16.9. The molecule has 0 saturated heterocycles. The maximum Gasteiger partial charge on any atom is 0.254 e. The first-order chi connectivity index (χ1) is 14.4. The van der Waals surface area contributed by atoms with Gasteiger partial charge in [0, 0.05) is 13.5 Å². The summed E-state index contributed by atoms with van der Waals surface area (Å²) in [5.41, 5.74) is 2.75. The number of anilines is 1. The Hall–Kier alpha value is -3.68. The van der Waals surface area contributed by atoms with Gasteiger partial charge in [-0.1, -0.05) is 24.3 Å². The monoisotopic (exact) mass is 405 g/mol. The smallest absolute Gasteiger partial charge is 0.254 e. The lowest BCUT2D eigenvalue weighted by atomic mass is 10.1. The Kier molecular flexibility index (Phi) is 5.22. The number of amides is 3. The van der Waals surface area contributed by atoms with Crippen LogP contribution in [0.15, 0.2) is 48.5 Å². The zero-order chi connectivity index (χ0) is 21.3. The van der Waals surface area contributed by atoms with E-state index in [2.05, 4.69) is 20.9 Å². The maximum atomic E-state index is 12.5. The Bertz CT molecular complexity index is 1140. The Morgan fingerprint density at radius 1 is 1.17 bits per heavy atom. The van der Waals surface area contributed by atoms with Crippen molar-refractivity contribution in [1.29, 1.82) is 0 Å². The van der Waals surface area contributed by atoms with Crippen LogP contribution < -0.4 is 16.0 Å². The summed E-state index contributed by atoms with van der Waals surface area (Å²) < 4.78 is 1.95. The zero-order valence-corrected chi connectivity index (χ0v) is 16.8. The number of nitrogens with zero attached hydrogens (tertiary/aromatic N) is 2. The van der Waals surface area contributed by atoms with Gasteiger partial charge < -0.3 is 20.5 Å². The second kappa shape index (κ2) is 7.98. The van der Waals surface area contributed by atoms with Crippen molar-refractivity contribution >= 4 is 34.4 Å². The number of hydrogen-bond donors (Lipinski definition) is 3. The number of fused-ring (bicyclic) bond motifs is 2. The van der Waals surface area contributed by atoms with E-state index in [1.807, 2.05) is 42.8 Å². The minimum absolute atomic E-state index is 0.100. The predicted molar refractivity (Wildman–Crippen MR) is 113 cm³/mol. The first kappa shape index (κ1) is 19.6. The Labute approximate surface area is 173 Å². The van der Waals surface area contributed by atoms with Crippen LogP contribution in [0.5, 0.6) is 0 Å². The highest BCUT2D eigenvalue weighted by molar-refractivity contribution is 6.09. The third kappa shape index (κ3) is 3.76. The SMILES string of the molecule is C[C@H](NC(=O)CC[C@@H]1NC(=O)c2ccccc2NC1=O)c1nc2ccccc2n1C. The molecule has 0 fully saturated rings. The summed E-state index contributed by atoms with van der Waals surface area (Å²) >= 11 is 0. The van der Waals surface area contributed by atoms with Gasteiger partial charge in [0.25, 0.3) is 5.91 Å². The zero-order valence-electron chi connectivity index (χ0n) is 16.8. The molecule has 0 saturated carbocycles. The summed E-state index contributed by atoms with van der Waals surface area (Å²) in [6.45, 7) is 1.87. The number of nitrogens with one attached hydrogen (secondary N) is 3. The average molecular weight is 405 g/mol. The van der Waals surface area contributed by atoms with E-state index in [-0.39, 0.29) is 36.6 Å². The lowest BCUT2D eigenvalue weighted by Crippen LogP contribution is -2.42. The standard InChI is InChI=1S/C22H23N5O3/c1-13(20-24-16-9-5-6-10-18(16)27(20)2)23-19(28)12-11-17-22(30)25-15-8-4-3-7-14(15)21(29)26-17/h3-10,13,17H,11-12H2,1-2H3,(H,23,28)(H,25,30)(H,26,29)/t13-,17-/m0/s1. The van der Waals surface area contributed by atoms with Crippen molar-refractivity contribution in [3.05, 3.63) is 59.9 Å². The molecule has 0 radical (unpaired) electrons. The molecule has 2 heterocycles. The average Bonchev–Trinajstić information content (AvgIpc) is 3.01. The molecule has 1 aliphatic rings. The van der Waals surface area contributed by atoms with Crippen molar-refractivity contribution in [2.75, 3.05) is 5.32 Å². The summed E-state index contributed by atoms with van der Waals surface area (Å²) in [6.07, 6.45) is 0.301. The van der Waals surface area contributed by atoms with E-state index >= 15 is 0 Å². The lowest BCUT2D eigenvalue weighted by molar-refractivity contribution is -0.122. The highest BCUT2D eigenvalue weighted by Gasteiger charge is 2.28. The van der Waals surface area contributed by atoms with Gasteiger partial charge in [0.1, 0.15) is 11.9 Å². The van der Waals surface area contributed by atoms with Crippen LogP contribution in [-0.4, -0.2) is 33.3 Å². The molecule has 1 aromatic heterocycles. The minimum atomic E-state index is -0.776.